The van der Waals surface area contributed by atoms with Crippen LogP contribution in [0.2, 0.25) is 0 Å². The van der Waals surface area contributed by atoms with E-state index >= 15 is 0 Å². The number of benzene rings is 2. The van der Waals surface area contributed by atoms with Gasteiger partial charge in [-0.1, -0.05) is 6.07 Å². The van der Waals surface area contributed by atoms with E-state index in [1.165, 1.54) is 11.6 Å². The molecule has 4 aromatic rings. The van der Waals surface area contributed by atoms with Gasteiger partial charge in [-0.05, 0) is 82.6 Å². The number of nitrogens with zero attached hydrogens (tertiary/aromatic N) is 5. The number of anilines is 3. The van der Waals surface area contributed by atoms with E-state index in [-0.39, 0.29) is 29.4 Å². The topological polar surface area (TPSA) is 79.5 Å². The van der Waals surface area contributed by atoms with E-state index in [4.69, 9.17) is 9.15 Å². The van der Waals surface area contributed by atoms with Crippen LogP contribution >= 0.6 is 0 Å². The van der Waals surface area contributed by atoms with Gasteiger partial charge in [-0.25, -0.2) is 18.7 Å². The standard InChI is InChI=1S/C28H30F2N6O2/c1-16(2)36-10-11-37-26-20(29)12-19(13-23(26)36)25-21(30)15-31-27(33-25)34-28-32-22-5-4-18(14-24(22)38-28)17-6-8-35(3)9-7-17/h4-5,12-17H,6-11H2,1-3H3,(H,31,32,33,34). The van der Waals surface area contributed by atoms with E-state index in [9.17, 15) is 8.78 Å². The van der Waals surface area contributed by atoms with Crippen LogP contribution in [0.25, 0.3) is 22.4 Å². The second kappa shape index (κ2) is 9.83. The molecule has 0 amide bonds. The molecule has 1 N–H and O–H groups in total. The average Bonchev–Trinajstić information content (AvgIpc) is 3.31. The molecule has 2 aliphatic rings. The van der Waals surface area contributed by atoms with Crippen LogP contribution in [0.15, 0.2) is 40.9 Å². The van der Waals surface area contributed by atoms with Crippen molar-refractivity contribution < 1.29 is 17.9 Å². The Bertz CT molecular complexity index is 1480. The summed E-state index contributed by atoms with van der Waals surface area (Å²) >= 11 is 0. The van der Waals surface area contributed by atoms with Crippen molar-refractivity contribution in [3.8, 4) is 17.0 Å². The Morgan fingerprint density at radius 2 is 1.84 bits per heavy atom. The fourth-order valence-corrected chi connectivity index (χ4v) is 5.29. The van der Waals surface area contributed by atoms with E-state index in [2.05, 4.69) is 38.3 Å². The first kappa shape index (κ1) is 24.5. The van der Waals surface area contributed by atoms with Crippen molar-refractivity contribution in [2.75, 3.05) is 43.5 Å². The van der Waals surface area contributed by atoms with Gasteiger partial charge < -0.3 is 19.0 Å². The van der Waals surface area contributed by atoms with Gasteiger partial charge in [0.2, 0.25) is 5.95 Å². The van der Waals surface area contributed by atoms with Crippen LogP contribution in [0.1, 0.15) is 38.2 Å². The first-order valence-corrected chi connectivity index (χ1v) is 13.0. The first-order valence-electron chi connectivity index (χ1n) is 13.0. The lowest BCUT2D eigenvalue weighted by Crippen LogP contribution is -2.38. The van der Waals surface area contributed by atoms with Gasteiger partial charge in [0.1, 0.15) is 17.8 Å². The molecule has 2 aliphatic heterocycles. The molecule has 10 heteroatoms. The van der Waals surface area contributed by atoms with E-state index in [1.807, 2.05) is 30.9 Å². The van der Waals surface area contributed by atoms with Gasteiger partial charge in [0, 0.05) is 11.6 Å². The molecule has 8 nitrogen and oxygen atoms in total. The number of hydrogen-bond acceptors (Lipinski definition) is 8. The predicted octanol–water partition coefficient (Wildman–Crippen LogP) is 5.72. The molecule has 1 fully saturated rings. The third-order valence-electron chi connectivity index (χ3n) is 7.37. The quantitative estimate of drug-likeness (QED) is 0.358. The number of hydrogen-bond donors (Lipinski definition) is 1. The Kier molecular flexibility index (Phi) is 6.35. The van der Waals surface area contributed by atoms with Gasteiger partial charge >= 0.3 is 6.01 Å². The highest BCUT2D eigenvalue weighted by molar-refractivity contribution is 5.76. The van der Waals surface area contributed by atoms with Gasteiger partial charge in [0.15, 0.2) is 23.0 Å². The molecule has 0 aliphatic carbocycles. The fourth-order valence-electron chi connectivity index (χ4n) is 5.29. The van der Waals surface area contributed by atoms with E-state index in [0.29, 0.717) is 41.4 Å². The molecule has 198 valence electrons. The summed E-state index contributed by atoms with van der Waals surface area (Å²) in [5, 5.41) is 2.94. The molecule has 38 heavy (non-hydrogen) atoms. The summed E-state index contributed by atoms with van der Waals surface area (Å²) in [5.41, 5.74) is 3.45. The Balaban J connectivity index is 1.28. The maximum Gasteiger partial charge on any atom is 0.302 e. The summed E-state index contributed by atoms with van der Waals surface area (Å²) in [4.78, 5) is 17.2. The van der Waals surface area contributed by atoms with Crippen LogP contribution in [0.4, 0.5) is 26.4 Å². The van der Waals surface area contributed by atoms with E-state index in [1.54, 1.807) is 6.07 Å². The summed E-state index contributed by atoms with van der Waals surface area (Å²) in [6.45, 7) is 7.19. The summed E-state index contributed by atoms with van der Waals surface area (Å²) in [5.74, 6) is -0.460. The Morgan fingerprint density at radius 1 is 1.03 bits per heavy atom. The number of halogens is 2. The number of oxazole rings is 1. The van der Waals surface area contributed by atoms with E-state index < -0.39 is 11.6 Å². The number of ether oxygens (including phenoxy) is 1. The molecule has 2 aromatic heterocycles. The third-order valence-corrected chi connectivity index (χ3v) is 7.37. The zero-order valence-corrected chi connectivity index (χ0v) is 21.7. The largest absolute Gasteiger partial charge is 0.486 e. The Morgan fingerprint density at radius 3 is 2.63 bits per heavy atom. The van der Waals surface area contributed by atoms with Crippen LogP contribution in [-0.2, 0) is 0 Å². The Hall–Kier alpha value is -3.79. The van der Waals surface area contributed by atoms with Gasteiger partial charge in [0.25, 0.3) is 0 Å². The molecule has 0 unspecified atom stereocenters. The van der Waals surface area contributed by atoms with E-state index in [0.717, 1.165) is 32.1 Å². The van der Waals surface area contributed by atoms with Crippen LogP contribution < -0.4 is 15.0 Å². The van der Waals surface area contributed by atoms with Gasteiger partial charge in [-0.3, -0.25) is 5.32 Å². The third kappa shape index (κ3) is 4.64. The van der Waals surface area contributed by atoms with Gasteiger partial charge in [-0.2, -0.15) is 4.98 Å². The molecule has 4 heterocycles. The number of nitrogens with one attached hydrogen (secondary N) is 1. The lowest BCUT2D eigenvalue weighted by Gasteiger charge is -2.34. The normalized spacial score (nSPS) is 16.6. The molecular weight excluding hydrogens is 490 g/mol. The minimum Gasteiger partial charge on any atom is -0.486 e. The second-order valence-corrected chi connectivity index (χ2v) is 10.3. The number of rotatable bonds is 5. The second-order valence-electron chi connectivity index (χ2n) is 10.3. The summed E-state index contributed by atoms with van der Waals surface area (Å²) in [6, 6.07) is 9.36. The zero-order chi connectivity index (χ0) is 26.4. The van der Waals surface area contributed by atoms with Crippen molar-refractivity contribution in [1.29, 1.82) is 0 Å². The lowest BCUT2D eigenvalue weighted by atomic mass is 9.89. The smallest absolute Gasteiger partial charge is 0.302 e. The van der Waals surface area contributed by atoms with Crippen molar-refractivity contribution in [3.05, 3.63) is 53.7 Å². The molecule has 0 bridgehead atoms. The highest BCUT2D eigenvalue weighted by atomic mass is 19.1. The molecule has 0 saturated carbocycles. The highest BCUT2D eigenvalue weighted by Crippen LogP contribution is 2.39. The average molecular weight is 521 g/mol. The number of likely N-dealkylation sites (tertiary alicyclic amines) is 1. The maximum atomic E-state index is 15.0. The molecule has 0 radical (unpaired) electrons. The van der Waals surface area contributed by atoms with Crippen molar-refractivity contribution in [3.63, 3.8) is 0 Å². The fraction of sp³-hybridized carbons (Fsp3) is 0.393. The van der Waals surface area contributed by atoms with Crippen LogP contribution in [0, 0.1) is 11.6 Å². The Labute approximate surface area is 219 Å². The lowest BCUT2D eigenvalue weighted by molar-refractivity contribution is 0.255. The number of aromatic nitrogens is 3. The van der Waals surface area contributed by atoms with Crippen LogP contribution in [0.3, 0.4) is 0 Å². The van der Waals surface area contributed by atoms with Crippen LogP contribution in [-0.4, -0.2) is 59.2 Å². The summed E-state index contributed by atoms with van der Waals surface area (Å²) in [7, 11) is 2.15. The maximum absolute atomic E-state index is 15.0. The molecule has 2 aromatic carbocycles. The van der Waals surface area contributed by atoms with Gasteiger partial charge in [0.05, 0.1) is 18.4 Å². The summed E-state index contributed by atoms with van der Waals surface area (Å²) < 4.78 is 41.3. The number of fused-ring (bicyclic) bond motifs is 2. The predicted molar refractivity (Wildman–Crippen MR) is 142 cm³/mol. The molecule has 1 saturated heterocycles. The molecular formula is C28H30F2N6O2. The van der Waals surface area contributed by atoms with Gasteiger partial charge in [-0.15, -0.1) is 0 Å². The van der Waals surface area contributed by atoms with Crippen molar-refractivity contribution >= 4 is 28.8 Å². The number of piperidine rings is 1. The highest BCUT2D eigenvalue weighted by Gasteiger charge is 2.26. The minimum atomic E-state index is -0.664. The van der Waals surface area contributed by atoms with Crippen molar-refractivity contribution in [1.82, 2.24) is 19.9 Å². The van der Waals surface area contributed by atoms with Crippen molar-refractivity contribution in [2.24, 2.45) is 0 Å². The summed E-state index contributed by atoms with van der Waals surface area (Å²) in [6.07, 6.45) is 3.27. The van der Waals surface area contributed by atoms with Crippen molar-refractivity contribution in [2.45, 2.75) is 38.6 Å². The van der Waals surface area contributed by atoms with Crippen LogP contribution in [0.5, 0.6) is 5.75 Å². The minimum absolute atomic E-state index is 0.0286. The monoisotopic (exact) mass is 520 g/mol. The molecule has 0 spiro atoms. The molecule has 6 rings (SSSR count). The SMILES string of the molecule is CC(C)N1CCOc2c(F)cc(-c3nc(Nc4nc5ccc(C6CCN(C)CC6)cc5o4)ncc3F)cc21. The molecule has 0 atom stereocenters. The zero-order valence-electron chi connectivity index (χ0n) is 21.7. The first-order chi connectivity index (χ1) is 18.4.